The number of para-hydroxylation sites is 1. The van der Waals surface area contributed by atoms with Gasteiger partial charge in [0.2, 0.25) is 29.5 Å². The minimum atomic E-state index is -1.55. The van der Waals surface area contributed by atoms with Crippen LogP contribution in [0.2, 0.25) is 0 Å². The van der Waals surface area contributed by atoms with Gasteiger partial charge in [0, 0.05) is 29.9 Å². The number of carbonyl (C=O) groups is 6. The lowest BCUT2D eigenvalue weighted by molar-refractivity contribution is -0.142. The van der Waals surface area contributed by atoms with Crippen molar-refractivity contribution in [2.24, 2.45) is 17.2 Å². The van der Waals surface area contributed by atoms with E-state index in [4.69, 9.17) is 17.2 Å². The predicted octanol–water partition coefficient (Wildman–Crippen LogP) is -1.43. The number of benzene rings is 2. The molecule has 0 aliphatic carbocycles. The van der Waals surface area contributed by atoms with Gasteiger partial charge < -0.3 is 43.2 Å². The van der Waals surface area contributed by atoms with Gasteiger partial charge in [0.15, 0.2) is 0 Å². The number of aromatic nitrogens is 1. The number of carboxylic acid groups (broad SMARTS) is 1. The van der Waals surface area contributed by atoms with E-state index in [1.807, 2.05) is 18.2 Å². The Kier molecular flexibility index (Phi) is 10.7. The van der Waals surface area contributed by atoms with Gasteiger partial charge in [0.05, 0.1) is 18.9 Å². The Labute approximate surface area is 240 Å². The van der Waals surface area contributed by atoms with E-state index in [1.54, 1.807) is 42.6 Å². The molecule has 0 fully saturated rings. The fraction of sp³-hybridized carbons (Fsp3) is 0.286. The van der Waals surface area contributed by atoms with E-state index in [0.29, 0.717) is 11.1 Å². The molecule has 14 nitrogen and oxygen atoms in total. The monoisotopic (exact) mass is 579 g/mol. The van der Waals surface area contributed by atoms with Crippen molar-refractivity contribution in [1.82, 2.24) is 20.9 Å². The number of primary amides is 2. The molecule has 0 bridgehead atoms. The van der Waals surface area contributed by atoms with Crippen LogP contribution >= 0.6 is 0 Å². The van der Waals surface area contributed by atoms with Gasteiger partial charge in [0.25, 0.3) is 0 Å². The van der Waals surface area contributed by atoms with Crippen molar-refractivity contribution >= 4 is 46.4 Å². The van der Waals surface area contributed by atoms with Gasteiger partial charge in [-0.15, -0.1) is 0 Å². The number of amides is 5. The highest BCUT2D eigenvalue weighted by molar-refractivity contribution is 5.97. The molecule has 5 amide bonds. The van der Waals surface area contributed by atoms with Gasteiger partial charge in [-0.25, -0.2) is 4.79 Å². The number of hydrogen-bond acceptors (Lipinski definition) is 7. The number of nitrogens with one attached hydrogen (secondary N) is 4. The molecule has 14 heteroatoms. The second kappa shape index (κ2) is 14.4. The molecule has 1 aromatic heterocycles. The third-order valence-corrected chi connectivity index (χ3v) is 6.43. The minimum Gasteiger partial charge on any atom is -0.480 e. The molecule has 2 aromatic carbocycles. The first-order valence-electron chi connectivity index (χ1n) is 13.0. The maximum atomic E-state index is 13.5. The number of rotatable bonds is 15. The third kappa shape index (κ3) is 8.89. The molecule has 0 radical (unpaired) electrons. The fourth-order valence-corrected chi connectivity index (χ4v) is 4.32. The number of hydrogen-bond donors (Lipinski definition) is 8. The second-order valence-corrected chi connectivity index (χ2v) is 9.72. The lowest BCUT2D eigenvalue weighted by Gasteiger charge is -2.25. The number of aromatic amines is 1. The summed E-state index contributed by atoms with van der Waals surface area (Å²) in [5, 5.41) is 17.8. The molecule has 4 unspecified atom stereocenters. The van der Waals surface area contributed by atoms with Crippen molar-refractivity contribution in [2.45, 2.75) is 49.9 Å². The van der Waals surface area contributed by atoms with Gasteiger partial charge >= 0.3 is 5.97 Å². The molecule has 4 atom stereocenters. The van der Waals surface area contributed by atoms with Crippen LogP contribution in [0.4, 0.5) is 0 Å². The Balaban J connectivity index is 1.86. The van der Waals surface area contributed by atoms with Crippen molar-refractivity contribution in [1.29, 1.82) is 0 Å². The summed E-state index contributed by atoms with van der Waals surface area (Å²) in [6.45, 7) is 0. The third-order valence-electron chi connectivity index (χ3n) is 6.43. The zero-order chi connectivity index (χ0) is 30.8. The van der Waals surface area contributed by atoms with Gasteiger partial charge in [-0.1, -0.05) is 48.5 Å². The standard InChI is InChI=1S/C28H33N7O7/c29-18(12-23(30)36)25(38)33-21(13-24(31)37)27(40)34-20(11-16-14-32-19-9-5-4-8-17(16)19)26(39)35-22(28(41)42)10-15-6-2-1-3-7-15/h1-9,14,18,20-22,32H,10-13,29H2,(H2,30,36)(H2,31,37)(H,33,38)(H,34,40)(H,35,39)(H,41,42). The number of nitrogens with two attached hydrogens (primary N) is 3. The molecular weight excluding hydrogens is 546 g/mol. The van der Waals surface area contributed by atoms with Crippen LogP contribution in [-0.4, -0.2) is 69.8 Å². The molecule has 222 valence electrons. The van der Waals surface area contributed by atoms with Crippen molar-refractivity contribution in [3.8, 4) is 0 Å². The Hall–Kier alpha value is -5.24. The quantitative estimate of drug-likeness (QED) is 0.106. The number of carboxylic acids is 1. The van der Waals surface area contributed by atoms with Crippen molar-refractivity contribution < 1.29 is 33.9 Å². The highest BCUT2D eigenvalue weighted by atomic mass is 16.4. The average molecular weight is 580 g/mol. The van der Waals surface area contributed by atoms with Crippen LogP contribution in [-0.2, 0) is 41.6 Å². The first-order chi connectivity index (χ1) is 19.9. The predicted molar refractivity (Wildman–Crippen MR) is 151 cm³/mol. The van der Waals surface area contributed by atoms with E-state index >= 15 is 0 Å². The maximum absolute atomic E-state index is 13.5. The van der Waals surface area contributed by atoms with Crippen LogP contribution < -0.4 is 33.2 Å². The molecular formula is C28H33N7O7. The van der Waals surface area contributed by atoms with Gasteiger partial charge in [0.1, 0.15) is 18.1 Å². The summed E-state index contributed by atoms with van der Waals surface area (Å²) in [7, 11) is 0. The lowest BCUT2D eigenvalue weighted by atomic mass is 10.0. The van der Waals surface area contributed by atoms with Gasteiger partial charge in [-0.3, -0.25) is 24.0 Å². The van der Waals surface area contributed by atoms with Crippen LogP contribution in [0.1, 0.15) is 24.0 Å². The molecule has 11 N–H and O–H groups in total. The van der Waals surface area contributed by atoms with Crippen molar-refractivity contribution in [3.05, 3.63) is 71.9 Å². The average Bonchev–Trinajstić information content (AvgIpc) is 3.34. The summed E-state index contributed by atoms with van der Waals surface area (Å²) < 4.78 is 0. The first kappa shape index (κ1) is 31.3. The topological polar surface area (TPSA) is 253 Å². The summed E-state index contributed by atoms with van der Waals surface area (Å²) in [6, 6.07) is 10.3. The van der Waals surface area contributed by atoms with E-state index in [-0.39, 0.29) is 12.8 Å². The van der Waals surface area contributed by atoms with Gasteiger partial charge in [-0.2, -0.15) is 0 Å². The Morgan fingerprint density at radius 1 is 0.714 bits per heavy atom. The number of aliphatic carboxylic acids is 1. The highest BCUT2D eigenvalue weighted by Crippen LogP contribution is 2.19. The fourth-order valence-electron chi connectivity index (χ4n) is 4.32. The molecule has 1 heterocycles. The normalized spacial score (nSPS) is 13.7. The zero-order valence-electron chi connectivity index (χ0n) is 22.5. The largest absolute Gasteiger partial charge is 0.480 e. The van der Waals surface area contributed by atoms with Gasteiger partial charge in [-0.05, 0) is 17.2 Å². The summed E-state index contributed by atoms with van der Waals surface area (Å²) in [5.41, 5.74) is 18.1. The number of carbonyl (C=O) groups excluding carboxylic acids is 5. The molecule has 0 aliphatic heterocycles. The molecule has 3 rings (SSSR count). The van der Waals surface area contributed by atoms with E-state index in [9.17, 15) is 33.9 Å². The van der Waals surface area contributed by atoms with Crippen molar-refractivity contribution in [2.75, 3.05) is 0 Å². The second-order valence-electron chi connectivity index (χ2n) is 9.72. The van der Waals surface area contributed by atoms with Crippen molar-refractivity contribution in [3.63, 3.8) is 0 Å². The Morgan fingerprint density at radius 3 is 1.93 bits per heavy atom. The van der Waals surface area contributed by atoms with Crippen LogP contribution in [0, 0.1) is 0 Å². The van der Waals surface area contributed by atoms with Crippen LogP contribution in [0.3, 0.4) is 0 Å². The highest BCUT2D eigenvalue weighted by Gasteiger charge is 2.32. The lowest BCUT2D eigenvalue weighted by Crippen LogP contribution is -2.58. The number of fused-ring (bicyclic) bond motifs is 1. The van der Waals surface area contributed by atoms with E-state index in [2.05, 4.69) is 20.9 Å². The van der Waals surface area contributed by atoms with E-state index < -0.39 is 72.5 Å². The summed E-state index contributed by atoms with van der Waals surface area (Å²) in [6.07, 6.45) is 0.404. The molecule has 42 heavy (non-hydrogen) atoms. The SMILES string of the molecule is NC(=O)CC(N)C(=O)NC(CC(N)=O)C(=O)NC(Cc1c[nH]c2ccccc12)C(=O)NC(Cc1ccccc1)C(=O)O. The molecule has 3 aromatic rings. The smallest absolute Gasteiger partial charge is 0.326 e. The minimum absolute atomic E-state index is 0.0201. The molecule has 0 saturated heterocycles. The Morgan fingerprint density at radius 2 is 1.29 bits per heavy atom. The zero-order valence-corrected chi connectivity index (χ0v) is 22.5. The van der Waals surface area contributed by atoms with E-state index in [0.717, 1.165) is 10.9 Å². The number of H-pyrrole nitrogens is 1. The van der Waals surface area contributed by atoms with E-state index in [1.165, 1.54) is 0 Å². The van der Waals surface area contributed by atoms with Crippen LogP contribution in [0.25, 0.3) is 10.9 Å². The summed E-state index contributed by atoms with van der Waals surface area (Å²) in [5.74, 6) is -5.79. The summed E-state index contributed by atoms with van der Waals surface area (Å²) >= 11 is 0. The molecule has 0 aliphatic rings. The molecule has 0 saturated carbocycles. The first-order valence-corrected chi connectivity index (χ1v) is 13.0. The summed E-state index contributed by atoms with van der Waals surface area (Å²) in [4.78, 5) is 77.2. The van der Waals surface area contributed by atoms with Crippen LogP contribution in [0.15, 0.2) is 60.8 Å². The van der Waals surface area contributed by atoms with Crippen LogP contribution in [0.5, 0.6) is 0 Å². The molecule has 0 spiro atoms. The maximum Gasteiger partial charge on any atom is 0.326 e. The Bertz CT molecular complexity index is 1460.